The second-order valence-electron chi connectivity index (χ2n) is 5.66. The van der Waals surface area contributed by atoms with Crippen molar-refractivity contribution in [3.8, 4) is 0 Å². The molecule has 0 radical (unpaired) electrons. The van der Waals surface area contributed by atoms with Gasteiger partial charge in [0.1, 0.15) is 0 Å². The van der Waals surface area contributed by atoms with E-state index in [9.17, 15) is 4.79 Å². The summed E-state index contributed by atoms with van der Waals surface area (Å²) >= 11 is 0. The van der Waals surface area contributed by atoms with E-state index < -0.39 is 0 Å². The molecule has 2 rings (SSSR count). The van der Waals surface area contributed by atoms with Gasteiger partial charge in [-0.05, 0) is 37.7 Å². The molecule has 0 unspecified atom stereocenters. The van der Waals surface area contributed by atoms with Crippen LogP contribution >= 0.6 is 0 Å². The van der Waals surface area contributed by atoms with Crippen LogP contribution in [0.25, 0.3) is 0 Å². The van der Waals surface area contributed by atoms with Crippen LogP contribution in [0.5, 0.6) is 0 Å². The first kappa shape index (κ1) is 17.7. The molecule has 1 saturated carbocycles. The van der Waals surface area contributed by atoms with Gasteiger partial charge in [0.15, 0.2) is 0 Å². The third-order valence-corrected chi connectivity index (χ3v) is 3.79. The lowest BCUT2D eigenvalue weighted by Crippen LogP contribution is -2.11. The molecule has 0 spiro atoms. The maximum Gasteiger partial charge on any atom is 0.207 e. The molecular weight excluding hydrogens is 262 g/mol. The summed E-state index contributed by atoms with van der Waals surface area (Å²) in [7, 11) is 0. The molecule has 0 saturated heterocycles. The van der Waals surface area contributed by atoms with Crippen LogP contribution in [0.1, 0.15) is 56.9 Å². The number of unbranched alkanes of at least 4 members (excludes halogenated alkanes) is 2. The number of amides is 1. The second-order valence-corrected chi connectivity index (χ2v) is 5.66. The molecule has 1 aromatic carbocycles. The van der Waals surface area contributed by atoms with Crippen LogP contribution in [0.3, 0.4) is 0 Å². The Morgan fingerprint density at radius 1 is 1.05 bits per heavy atom. The Morgan fingerprint density at radius 2 is 1.76 bits per heavy atom. The first-order valence-corrected chi connectivity index (χ1v) is 8.22. The average Bonchev–Trinajstić information content (AvgIpc) is 2.53. The summed E-state index contributed by atoms with van der Waals surface area (Å²) in [5.41, 5.74) is 1.40. The molecule has 1 aromatic rings. The van der Waals surface area contributed by atoms with Crippen molar-refractivity contribution in [2.45, 2.75) is 63.9 Å². The number of rotatable bonds is 7. The summed E-state index contributed by atoms with van der Waals surface area (Å²) in [5, 5.41) is 11.6. The van der Waals surface area contributed by atoms with Gasteiger partial charge < -0.3 is 10.4 Å². The van der Waals surface area contributed by atoms with Gasteiger partial charge in [-0.1, -0.05) is 56.0 Å². The van der Waals surface area contributed by atoms with Crippen LogP contribution < -0.4 is 5.32 Å². The van der Waals surface area contributed by atoms with Gasteiger partial charge in [-0.3, -0.25) is 4.79 Å². The summed E-state index contributed by atoms with van der Waals surface area (Å²) in [4.78, 5) is 9.95. The molecule has 1 fully saturated rings. The van der Waals surface area contributed by atoms with E-state index in [-0.39, 0.29) is 6.10 Å². The lowest BCUT2D eigenvalue weighted by molar-refractivity contribution is -0.109. The minimum Gasteiger partial charge on any atom is -0.393 e. The van der Waals surface area contributed by atoms with Crippen LogP contribution in [-0.4, -0.2) is 24.2 Å². The van der Waals surface area contributed by atoms with Gasteiger partial charge in [-0.15, -0.1) is 0 Å². The summed E-state index contributed by atoms with van der Waals surface area (Å²) in [5.74, 6) is 0. The lowest BCUT2D eigenvalue weighted by Gasteiger charge is -2.14. The normalized spacial score (nSPS) is 14.9. The number of aliphatic hydroxyl groups excluding tert-OH is 1. The molecular formula is C18H29NO2. The van der Waals surface area contributed by atoms with Crippen LogP contribution in [0, 0.1) is 0 Å². The predicted octanol–water partition coefficient (Wildman–Crippen LogP) is 3.46. The van der Waals surface area contributed by atoms with Crippen LogP contribution in [0.15, 0.2) is 30.3 Å². The molecule has 118 valence electrons. The SMILES string of the molecule is O=CNCCCCCc1ccccc1.OC1CCCCC1. The third-order valence-electron chi connectivity index (χ3n) is 3.79. The van der Waals surface area contributed by atoms with E-state index in [2.05, 4.69) is 29.6 Å². The van der Waals surface area contributed by atoms with Crippen molar-refractivity contribution in [3.63, 3.8) is 0 Å². The Balaban J connectivity index is 0.000000262. The van der Waals surface area contributed by atoms with E-state index in [0.717, 1.165) is 38.6 Å². The molecule has 0 bridgehead atoms. The summed E-state index contributed by atoms with van der Waals surface area (Å²) < 4.78 is 0. The summed E-state index contributed by atoms with van der Waals surface area (Å²) in [6, 6.07) is 10.5. The van der Waals surface area contributed by atoms with Gasteiger partial charge >= 0.3 is 0 Å². The zero-order valence-corrected chi connectivity index (χ0v) is 13.0. The van der Waals surface area contributed by atoms with Crippen molar-refractivity contribution in [1.82, 2.24) is 5.32 Å². The van der Waals surface area contributed by atoms with Gasteiger partial charge in [0.2, 0.25) is 6.41 Å². The van der Waals surface area contributed by atoms with Crippen LogP contribution in [0.2, 0.25) is 0 Å². The first-order chi connectivity index (χ1) is 10.3. The van der Waals surface area contributed by atoms with Crippen molar-refractivity contribution >= 4 is 6.41 Å². The number of carbonyl (C=O) groups excluding carboxylic acids is 1. The van der Waals surface area contributed by atoms with E-state index in [0.29, 0.717) is 0 Å². The number of hydrogen-bond donors (Lipinski definition) is 2. The number of hydrogen-bond acceptors (Lipinski definition) is 2. The standard InChI is InChI=1S/C12H17NO.C6H12O/c14-11-13-10-6-2-5-9-12-7-3-1-4-8-12;7-6-4-2-1-3-5-6/h1,3-4,7-8,11H,2,5-6,9-10H2,(H,13,14);6-7H,1-5H2. The predicted molar refractivity (Wildman–Crippen MR) is 87.2 cm³/mol. The van der Waals surface area contributed by atoms with Gasteiger partial charge in [-0.2, -0.15) is 0 Å². The van der Waals surface area contributed by atoms with E-state index in [4.69, 9.17) is 5.11 Å². The van der Waals surface area contributed by atoms with Crippen molar-refractivity contribution < 1.29 is 9.90 Å². The van der Waals surface area contributed by atoms with Crippen LogP contribution in [0.4, 0.5) is 0 Å². The topological polar surface area (TPSA) is 49.3 Å². The highest BCUT2D eigenvalue weighted by Gasteiger charge is 2.07. The maximum absolute atomic E-state index is 9.95. The smallest absolute Gasteiger partial charge is 0.207 e. The molecule has 21 heavy (non-hydrogen) atoms. The van der Waals surface area contributed by atoms with E-state index >= 15 is 0 Å². The average molecular weight is 291 g/mol. The lowest BCUT2D eigenvalue weighted by atomic mass is 9.98. The zero-order chi connectivity index (χ0) is 15.2. The fourth-order valence-electron chi connectivity index (χ4n) is 2.52. The van der Waals surface area contributed by atoms with Gasteiger partial charge in [0.25, 0.3) is 0 Å². The van der Waals surface area contributed by atoms with Gasteiger partial charge in [0, 0.05) is 6.54 Å². The van der Waals surface area contributed by atoms with Crippen LogP contribution in [-0.2, 0) is 11.2 Å². The van der Waals surface area contributed by atoms with E-state index in [1.165, 1.54) is 37.7 Å². The highest BCUT2D eigenvalue weighted by Crippen LogP contribution is 2.16. The second kappa shape index (κ2) is 12.4. The Labute approximate surface area is 128 Å². The minimum absolute atomic E-state index is 0.0359. The molecule has 1 amide bonds. The molecule has 0 atom stereocenters. The highest BCUT2D eigenvalue weighted by molar-refractivity contribution is 5.45. The summed E-state index contributed by atoms with van der Waals surface area (Å²) in [6.07, 6.45) is 11.3. The van der Waals surface area contributed by atoms with Crippen molar-refractivity contribution in [2.75, 3.05) is 6.54 Å². The number of nitrogens with one attached hydrogen (secondary N) is 1. The monoisotopic (exact) mass is 291 g/mol. The fraction of sp³-hybridized carbons (Fsp3) is 0.611. The van der Waals surface area contributed by atoms with Crippen molar-refractivity contribution in [1.29, 1.82) is 0 Å². The Kier molecular flexibility index (Phi) is 10.4. The largest absolute Gasteiger partial charge is 0.393 e. The Bertz CT molecular complexity index is 347. The molecule has 3 heteroatoms. The maximum atomic E-state index is 9.95. The molecule has 3 nitrogen and oxygen atoms in total. The minimum atomic E-state index is 0.0359. The zero-order valence-electron chi connectivity index (χ0n) is 13.0. The number of aryl methyl sites for hydroxylation is 1. The quantitative estimate of drug-likeness (QED) is 0.597. The van der Waals surface area contributed by atoms with Crippen molar-refractivity contribution in [3.05, 3.63) is 35.9 Å². The molecule has 0 aliphatic heterocycles. The van der Waals surface area contributed by atoms with Gasteiger partial charge in [0.05, 0.1) is 6.10 Å². The number of carbonyl (C=O) groups is 1. The fourth-order valence-corrected chi connectivity index (χ4v) is 2.52. The third kappa shape index (κ3) is 10.1. The molecule has 1 aliphatic carbocycles. The highest BCUT2D eigenvalue weighted by atomic mass is 16.3. The first-order valence-electron chi connectivity index (χ1n) is 8.22. The van der Waals surface area contributed by atoms with E-state index in [1.807, 2.05) is 6.07 Å². The molecule has 1 aliphatic rings. The number of aliphatic hydroxyl groups is 1. The molecule has 0 aromatic heterocycles. The van der Waals surface area contributed by atoms with Crippen molar-refractivity contribution in [2.24, 2.45) is 0 Å². The summed E-state index contributed by atoms with van der Waals surface area (Å²) in [6.45, 7) is 0.804. The Hall–Kier alpha value is -1.35. The van der Waals surface area contributed by atoms with E-state index in [1.54, 1.807) is 0 Å². The van der Waals surface area contributed by atoms with Gasteiger partial charge in [-0.25, -0.2) is 0 Å². The molecule has 0 heterocycles. The molecule has 2 N–H and O–H groups in total. The Morgan fingerprint density at radius 3 is 2.33 bits per heavy atom. The number of benzene rings is 1.